The molecule has 2 amide bonds. The van der Waals surface area contributed by atoms with Gasteiger partial charge in [-0.1, -0.05) is 35.3 Å². The number of aryl methyl sites for hydroxylation is 2. The molecule has 0 aromatic heterocycles. The molecule has 2 N–H and O–H groups in total. The lowest BCUT2D eigenvalue weighted by Gasteiger charge is -2.14. The van der Waals surface area contributed by atoms with Gasteiger partial charge in [0.25, 0.3) is 11.8 Å². The Kier molecular flexibility index (Phi) is 7.01. The van der Waals surface area contributed by atoms with Crippen molar-refractivity contribution in [3.05, 3.63) is 117 Å². The van der Waals surface area contributed by atoms with E-state index in [0.29, 0.717) is 32.5 Å². The van der Waals surface area contributed by atoms with Gasteiger partial charge in [-0.2, -0.15) is 0 Å². The molecule has 0 heterocycles. The van der Waals surface area contributed by atoms with Crippen LogP contribution in [0.25, 0.3) is 11.1 Å². The van der Waals surface area contributed by atoms with Gasteiger partial charge in [0.2, 0.25) is 0 Å². The molecule has 0 radical (unpaired) electrons. The quantitative estimate of drug-likeness (QED) is 0.301. The summed E-state index contributed by atoms with van der Waals surface area (Å²) < 4.78 is 0. The van der Waals surface area contributed by atoms with E-state index in [9.17, 15) is 9.59 Å². The van der Waals surface area contributed by atoms with Crippen molar-refractivity contribution in [1.29, 1.82) is 0 Å². The molecule has 0 aliphatic rings. The molecule has 0 bridgehead atoms. The first-order valence-electron chi connectivity index (χ1n) is 10.7. The molecule has 4 nitrogen and oxygen atoms in total. The molecule has 0 aliphatic heterocycles. The van der Waals surface area contributed by atoms with Gasteiger partial charge in [-0.3, -0.25) is 9.59 Å². The van der Waals surface area contributed by atoms with Crippen molar-refractivity contribution >= 4 is 46.4 Å². The number of carbonyl (C=O) groups is 2. The maximum absolute atomic E-state index is 12.5. The van der Waals surface area contributed by atoms with Gasteiger partial charge in [0.05, 0.1) is 0 Å². The first kappa shape index (κ1) is 23.6. The SMILES string of the molecule is Cc1cc(NC(=O)c2ccc(Cl)cc2)ccc1-c1ccc(NC(=O)c2ccc(Cl)cc2)cc1C. The third-order valence-electron chi connectivity index (χ3n) is 5.47. The molecule has 0 atom stereocenters. The lowest BCUT2D eigenvalue weighted by molar-refractivity contribution is 0.101. The van der Waals surface area contributed by atoms with Gasteiger partial charge >= 0.3 is 0 Å². The molecule has 34 heavy (non-hydrogen) atoms. The molecule has 4 aromatic rings. The second-order valence-corrected chi connectivity index (χ2v) is 8.85. The molecule has 0 fully saturated rings. The fourth-order valence-corrected chi connectivity index (χ4v) is 3.95. The van der Waals surface area contributed by atoms with E-state index < -0.39 is 0 Å². The van der Waals surface area contributed by atoms with Gasteiger partial charge in [0.15, 0.2) is 0 Å². The van der Waals surface area contributed by atoms with Crippen LogP contribution in [0.3, 0.4) is 0 Å². The fourth-order valence-electron chi connectivity index (χ4n) is 3.70. The van der Waals surface area contributed by atoms with Crippen LogP contribution in [0.15, 0.2) is 84.9 Å². The lowest BCUT2D eigenvalue weighted by Crippen LogP contribution is -2.12. The lowest BCUT2D eigenvalue weighted by atomic mass is 9.95. The van der Waals surface area contributed by atoms with E-state index in [2.05, 4.69) is 10.6 Å². The Balaban J connectivity index is 1.49. The average Bonchev–Trinajstić information content (AvgIpc) is 2.80. The standard InChI is InChI=1S/C28H22Cl2N2O2/c1-17-15-23(31-27(33)19-3-7-21(29)8-4-19)11-13-25(17)26-14-12-24(16-18(26)2)32-28(34)20-5-9-22(30)10-6-20/h3-16H,1-2H3,(H,31,33)(H,32,34). The summed E-state index contributed by atoms with van der Waals surface area (Å²) in [5, 5.41) is 7.02. The summed E-state index contributed by atoms with van der Waals surface area (Å²) in [6.45, 7) is 4.01. The van der Waals surface area contributed by atoms with E-state index >= 15 is 0 Å². The Bertz CT molecular complexity index is 1260. The van der Waals surface area contributed by atoms with Gasteiger partial charge < -0.3 is 10.6 Å². The maximum atomic E-state index is 12.5. The maximum Gasteiger partial charge on any atom is 0.255 e. The van der Waals surface area contributed by atoms with Crippen LogP contribution in [0.1, 0.15) is 31.8 Å². The number of halogens is 2. The summed E-state index contributed by atoms with van der Waals surface area (Å²) in [6.07, 6.45) is 0. The summed E-state index contributed by atoms with van der Waals surface area (Å²) >= 11 is 11.8. The highest BCUT2D eigenvalue weighted by Crippen LogP contribution is 2.30. The van der Waals surface area contributed by atoms with Crippen LogP contribution in [-0.2, 0) is 0 Å². The van der Waals surface area contributed by atoms with Crippen LogP contribution in [0.4, 0.5) is 11.4 Å². The summed E-state index contributed by atoms with van der Waals surface area (Å²) in [5.41, 5.74) is 6.66. The van der Waals surface area contributed by atoms with E-state index in [0.717, 1.165) is 22.3 Å². The van der Waals surface area contributed by atoms with Crippen molar-refractivity contribution in [2.45, 2.75) is 13.8 Å². The highest BCUT2D eigenvalue weighted by atomic mass is 35.5. The Morgan fingerprint density at radius 2 is 0.912 bits per heavy atom. The van der Waals surface area contributed by atoms with Crippen LogP contribution in [0.5, 0.6) is 0 Å². The zero-order chi connectivity index (χ0) is 24.2. The van der Waals surface area contributed by atoms with Crippen LogP contribution < -0.4 is 10.6 Å². The number of amides is 2. The van der Waals surface area contributed by atoms with E-state index in [-0.39, 0.29) is 11.8 Å². The van der Waals surface area contributed by atoms with E-state index in [4.69, 9.17) is 23.2 Å². The summed E-state index contributed by atoms with van der Waals surface area (Å²) in [6, 6.07) is 25.1. The molecular formula is C28H22Cl2N2O2. The molecule has 4 rings (SSSR count). The van der Waals surface area contributed by atoms with Crippen molar-refractivity contribution in [3.63, 3.8) is 0 Å². The molecule has 0 saturated heterocycles. The molecule has 0 aliphatic carbocycles. The smallest absolute Gasteiger partial charge is 0.255 e. The van der Waals surface area contributed by atoms with Gasteiger partial charge in [0.1, 0.15) is 0 Å². The topological polar surface area (TPSA) is 58.2 Å². The molecular weight excluding hydrogens is 467 g/mol. The highest BCUT2D eigenvalue weighted by molar-refractivity contribution is 6.31. The number of hydrogen-bond donors (Lipinski definition) is 2. The predicted octanol–water partition coefficient (Wildman–Crippen LogP) is 7.78. The minimum absolute atomic E-state index is 0.194. The minimum Gasteiger partial charge on any atom is -0.322 e. The number of hydrogen-bond acceptors (Lipinski definition) is 2. The monoisotopic (exact) mass is 488 g/mol. The molecule has 0 unspecified atom stereocenters. The predicted molar refractivity (Wildman–Crippen MR) is 140 cm³/mol. The normalized spacial score (nSPS) is 10.6. The fraction of sp³-hybridized carbons (Fsp3) is 0.0714. The average molecular weight is 489 g/mol. The largest absolute Gasteiger partial charge is 0.322 e. The van der Waals surface area contributed by atoms with Crippen molar-refractivity contribution in [3.8, 4) is 11.1 Å². The van der Waals surface area contributed by atoms with Gasteiger partial charge in [0, 0.05) is 32.5 Å². The molecule has 4 aromatic carbocycles. The van der Waals surface area contributed by atoms with E-state index in [1.165, 1.54) is 0 Å². The third kappa shape index (κ3) is 5.48. The summed E-state index contributed by atoms with van der Waals surface area (Å²) in [5.74, 6) is -0.387. The van der Waals surface area contributed by atoms with Crippen LogP contribution in [0, 0.1) is 13.8 Å². The third-order valence-corrected chi connectivity index (χ3v) is 5.98. The van der Waals surface area contributed by atoms with E-state index in [1.807, 2.05) is 50.2 Å². The van der Waals surface area contributed by atoms with Crippen molar-refractivity contribution in [2.75, 3.05) is 10.6 Å². The van der Waals surface area contributed by atoms with Crippen molar-refractivity contribution in [2.24, 2.45) is 0 Å². The van der Waals surface area contributed by atoms with Crippen LogP contribution in [-0.4, -0.2) is 11.8 Å². The molecule has 0 saturated carbocycles. The number of carbonyl (C=O) groups excluding carboxylic acids is 2. The highest BCUT2D eigenvalue weighted by Gasteiger charge is 2.11. The zero-order valence-corrected chi connectivity index (χ0v) is 20.2. The molecule has 0 spiro atoms. The summed E-state index contributed by atoms with van der Waals surface area (Å²) in [7, 11) is 0. The van der Waals surface area contributed by atoms with Gasteiger partial charge in [-0.15, -0.1) is 0 Å². The van der Waals surface area contributed by atoms with Crippen molar-refractivity contribution < 1.29 is 9.59 Å². The first-order valence-corrected chi connectivity index (χ1v) is 11.4. The van der Waals surface area contributed by atoms with Crippen LogP contribution >= 0.6 is 23.2 Å². The number of nitrogens with one attached hydrogen (secondary N) is 2. The Labute approximate surface area is 208 Å². The van der Waals surface area contributed by atoms with E-state index in [1.54, 1.807) is 48.5 Å². The van der Waals surface area contributed by atoms with Gasteiger partial charge in [-0.05, 0) is 109 Å². The second kappa shape index (κ2) is 10.1. The Hall–Kier alpha value is -3.60. The van der Waals surface area contributed by atoms with Crippen molar-refractivity contribution in [1.82, 2.24) is 0 Å². The second-order valence-electron chi connectivity index (χ2n) is 7.98. The Morgan fingerprint density at radius 1 is 0.559 bits per heavy atom. The van der Waals surface area contributed by atoms with Crippen LogP contribution in [0.2, 0.25) is 10.0 Å². The molecule has 170 valence electrons. The van der Waals surface area contributed by atoms with Gasteiger partial charge in [-0.25, -0.2) is 0 Å². The number of anilines is 2. The zero-order valence-electron chi connectivity index (χ0n) is 18.7. The number of rotatable bonds is 5. The summed E-state index contributed by atoms with van der Waals surface area (Å²) in [4.78, 5) is 25.0. The minimum atomic E-state index is -0.194. The number of benzene rings is 4. The molecule has 6 heteroatoms. The Morgan fingerprint density at radius 3 is 1.24 bits per heavy atom. The first-order chi connectivity index (χ1) is 16.3.